The van der Waals surface area contributed by atoms with Crippen molar-refractivity contribution in [3.8, 4) is 0 Å². The minimum absolute atomic E-state index is 0.0258. The fourth-order valence-corrected chi connectivity index (χ4v) is 3.97. The normalized spacial score (nSPS) is 11.0. The SMILES string of the molecule is CCc1nnc(NC(=O)Cc2cn(C)c3ccc(C)cc23)[se]1. The van der Waals surface area contributed by atoms with E-state index in [0.29, 0.717) is 11.1 Å². The van der Waals surface area contributed by atoms with E-state index in [4.69, 9.17) is 0 Å². The van der Waals surface area contributed by atoms with Gasteiger partial charge in [-0.05, 0) is 0 Å². The molecule has 0 fully saturated rings. The Morgan fingerprint density at radius 1 is 1.36 bits per heavy atom. The second-order valence-corrected chi connectivity index (χ2v) is 7.59. The zero-order valence-electron chi connectivity index (χ0n) is 12.9. The number of rotatable bonds is 4. The van der Waals surface area contributed by atoms with Crippen LogP contribution in [-0.2, 0) is 24.7 Å². The Bertz CT molecular complexity index is 834. The summed E-state index contributed by atoms with van der Waals surface area (Å²) in [6, 6.07) is 6.32. The second-order valence-electron chi connectivity index (χ2n) is 5.37. The van der Waals surface area contributed by atoms with Gasteiger partial charge in [0, 0.05) is 0 Å². The van der Waals surface area contributed by atoms with Crippen molar-refractivity contribution >= 4 is 36.0 Å². The molecule has 3 aromatic rings. The first-order valence-corrected chi connectivity index (χ1v) is 8.95. The Balaban J connectivity index is 1.80. The fraction of sp³-hybridized carbons (Fsp3) is 0.312. The molecule has 1 N–H and O–H groups in total. The molecule has 22 heavy (non-hydrogen) atoms. The van der Waals surface area contributed by atoms with Crippen LogP contribution in [0.3, 0.4) is 0 Å². The van der Waals surface area contributed by atoms with E-state index in [-0.39, 0.29) is 20.4 Å². The van der Waals surface area contributed by atoms with E-state index in [0.717, 1.165) is 27.5 Å². The van der Waals surface area contributed by atoms with Crippen molar-refractivity contribution in [2.75, 3.05) is 5.32 Å². The Labute approximate surface area is 135 Å². The molecule has 0 bridgehead atoms. The van der Waals surface area contributed by atoms with E-state index in [9.17, 15) is 4.79 Å². The predicted octanol–water partition coefficient (Wildman–Crippen LogP) is 2.08. The molecule has 1 aromatic carbocycles. The number of fused-ring (bicyclic) bond motifs is 1. The molecule has 0 atom stereocenters. The number of hydrogen-bond acceptors (Lipinski definition) is 3. The fourth-order valence-electron chi connectivity index (χ4n) is 2.51. The first kappa shape index (κ1) is 15.0. The number of aromatic nitrogens is 3. The van der Waals surface area contributed by atoms with Gasteiger partial charge in [0.25, 0.3) is 0 Å². The van der Waals surface area contributed by atoms with Crippen molar-refractivity contribution in [2.45, 2.75) is 26.7 Å². The summed E-state index contributed by atoms with van der Waals surface area (Å²) in [7, 11) is 2.00. The van der Waals surface area contributed by atoms with Crippen LogP contribution in [0.15, 0.2) is 24.4 Å². The number of nitrogens with one attached hydrogen (secondary N) is 1. The molecule has 0 saturated heterocycles. The van der Waals surface area contributed by atoms with E-state index < -0.39 is 0 Å². The number of carbonyl (C=O) groups excluding carboxylic acids is 1. The van der Waals surface area contributed by atoms with Crippen LogP contribution in [0, 0.1) is 6.92 Å². The van der Waals surface area contributed by atoms with Crippen LogP contribution < -0.4 is 5.32 Å². The predicted molar refractivity (Wildman–Crippen MR) is 88.3 cm³/mol. The van der Waals surface area contributed by atoms with Gasteiger partial charge in [-0.1, -0.05) is 0 Å². The van der Waals surface area contributed by atoms with Crippen molar-refractivity contribution in [2.24, 2.45) is 7.05 Å². The van der Waals surface area contributed by atoms with Gasteiger partial charge in [0.15, 0.2) is 0 Å². The minimum atomic E-state index is -0.0258. The third kappa shape index (κ3) is 2.98. The monoisotopic (exact) mass is 362 g/mol. The summed E-state index contributed by atoms with van der Waals surface area (Å²) in [5, 5.41) is 12.2. The van der Waals surface area contributed by atoms with Gasteiger partial charge < -0.3 is 0 Å². The van der Waals surface area contributed by atoms with Crippen molar-refractivity contribution in [1.29, 1.82) is 0 Å². The molecule has 114 valence electrons. The van der Waals surface area contributed by atoms with E-state index in [2.05, 4.69) is 52.1 Å². The summed E-state index contributed by atoms with van der Waals surface area (Å²) in [6.07, 6.45) is 3.28. The van der Waals surface area contributed by atoms with Crippen LogP contribution >= 0.6 is 0 Å². The topological polar surface area (TPSA) is 59.8 Å². The summed E-state index contributed by atoms with van der Waals surface area (Å²) < 4.78 is 3.85. The van der Waals surface area contributed by atoms with Gasteiger partial charge in [-0.25, -0.2) is 0 Å². The average Bonchev–Trinajstić information content (AvgIpc) is 3.04. The molecule has 2 heterocycles. The zero-order valence-corrected chi connectivity index (χ0v) is 14.6. The zero-order chi connectivity index (χ0) is 15.7. The summed E-state index contributed by atoms with van der Waals surface area (Å²) in [4.78, 5) is 12.3. The van der Waals surface area contributed by atoms with Gasteiger partial charge in [0.05, 0.1) is 0 Å². The van der Waals surface area contributed by atoms with Crippen molar-refractivity contribution in [3.05, 3.63) is 40.1 Å². The maximum atomic E-state index is 12.3. The van der Waals surface area contributed by atoms with Crippen LogP contribution in [0.5, 0.6) is 0 Å². The molecule has 6 heteroatoms. The number of anilines is 1. The first-order valence-electron chi connectivity index (χ1n) is 7.23. The van der Waals surface area contributed by atoms with Gasteiger partial charge in [0.1, 0.15) is 0 Å². The third-order valence-corrected chi connectivity index (χ3v) is 5.66. The molecular formula is C16H18N4OSe. The molecule has 0 radical (unpaired) electrons. The molecule has 2 aromatic heterocycles. The Morgan fingerprint density at radius 2 is 2.18 bits per heavy atom. The number of benzene rings is 1. The quantitative estimate of drug-likeness (QED) is 0.724. The maximum absolute atomic E-state index is 12.3. The first-order chi connectivity index (χ1) is 10.6. The number of aryl methyl sites for hydroxylation is 3. The van der Waals surface area contributed by atoms with Crippen LogP contribution in [0.4, 0.5) is 4.69 Å². The third-order valence-electron chi connectivity index (χ3n) is 3.59. The van der Waals surface area contributed by atoms with E-state index in [1.54, 1.807) is 0 Å². The molecule has 0 aliphatic carbocycles. The van der Waals surface area contributed by atoms with E-state index >= 15 is 0 Å². The molecule has 0 aliphatic heterocycles. The summed E-state index contributed by atoms with van der Waals surface area (Å²) in [5.74, 6) is -0.0258. The number of carbonyl (C=O) groups is 1. The van der Waals surface area contributed by atoms with Gasteiger partial charge in [0.2, 0.25) is 0 Å². The Hall–Kier alpha value is -1.91. The van der Waals surface area contributed by atoms with E-state index in [1.165, 1.54) is 5.56 Å². The summed E-state index contributed by atoms with van der Waals surface area (Å²) >= 11 is 0.0692. The molecule has 0 aliphatic rings. The van der Waals surface area contributed by atoms with Crippen molar-refractivity contribution in [3.63, 3.8) is 0 Å². The van der Waals surface area contributed by atoms with Crippen LogP contribution in [-0.4, -0.2) is 35.2 Å². The Kier molecular flexibility index (Phi) is 4.14. The molecule has 0 spiro atoms. The molecule has 1 amide bonds. The second kappa shape index (κ2) is 6.07. The van der Waals surface area contributed by atoms with Crippen LogP contribution in [0.25, 0.3) is 10.9 Å². The standard InChI is InChI=1S/C16H18N4OSe/c1-4-15-18-19-16(22-15)17-14(21)8-11-9-20(3)13-6-5-10(2)7-12(11)13/h5-7,9H,4,8H2,1-3H3,(H,17,19,21). The van der Waals surface area contributed by atoms with Gasteiger partial charge in [-0.2, -0.15) is 0 Å². The van der Waals surface area contributed by atoms with Crippen molar-refractivity contribution in [1.82, 2.24) is 14.8 Å². The van der Waals surface area contributed by atoms with Crippen LogP contribution in [0.2, 0.25) is 0 Å². The van der Waals surface area contributed by atoms with Crippen LogP contribution in [0.1, 0.15) is 22.6 Å². The molecule has 5 nitrogen and oxygen atoms in total. The van der Waals surface area contributed by atoms with Crippen molar-refractivity contribution < 1.29 is 4.79 Å². The van der Waals surface area contributed by atoms with Gasteiger partial charge >= 0.3 is 135 Å². The number of amides is 1. The van der Waals surface area contributed by atoms with Gasteiger partial charge in [-0.3, -0.25) is 0 Å². The molecular weight excluding hydrogens is 343 g/mol. The molecule has 3 rings (SSSR count). The Morgan fingerprint density at radius 3 is 2.91 bits per heavy atom. The summed E-state index contributed by atoms with van der Waals surface area (Å²) in [6.45, 7) is 4.12. The molecule has 0 unspecified atom stereocenters. The summed E-state index contributed by atoms with van der Waals surface area (Å²) in [5.41, 5.74) is 3.39. The van der Waals surface area contributed by atoms with Gasteiger partial charge in [-0.15, -0.1) is 0 Å². The number of nitrogens with zero attached hydrogens (tertiary/aromatic N) is 3. The molecule has 0 saturated carbocycles. The number of hydrogen-bond donors (Lipinski definition) is 1. The average molecular weight is 361 g/mol. The van der Waals surface area contributed by atoms with E-state index in [1.807, 2.05) is 13.2 Å².